The fraction of sp³-hybridized carbons (Fsp3) is 0.308. The van der Waals surface area contributed by atoms with E-state index in [1.54, 1.807) is 10.7 Å². The number of aromatic nitrogens is 2. The zero-order valence-electron chi connectivity index (χ0n) is 10.4. The van der Waals surface area contributed by atoms with E-state index in [0.717, 1.165) is 17.0 Å². The summed E-state index contributed by atoms with van der Waals surface area (Å²) in [5.41, 5.74) is 7.68. The van der Waals surface area contributed by atoms with Crippen molar-refractivity contribution < 1.29 is 4.74 Å². The van der Waals surface area contributed by atoms with Crippen LogP contribution in [0.3, 0.4) is 0 Å². The normalized spacial score (nSPS) is 12.4. The molecule has 18 heavy (non-hydrogen) atoms. The minimum Gasteiger partial charge on any atom is -0.487 e. The van der Waals surface area contributed by atoms with Crippen LogP contribution in [0.25, 0.3) is 0 Å². The van der Waals surface area contributed by atoms with E-state index in [9.17, 15) is 0 Å². The van der Waals surface area contributed by atoms with E-state index >= 15 is 0 Å². The second kappa shape index (κ2) is 5.42. The summed E-state index contributed by atoms with van der Waals surface area (Å²) in [6, 6.07) is 7.26. The Morgan fingerprint density at radius 3 is 2.83 bits per heavy atom. The molecule has 0 radical (unpaired) electrons. The lowest BCUT2D eigenvalue weighted by molar-refractivity contribution is 0.295. The van der Waals surface area contributed by atoms with Gasteiger partial charge in [0, 0.05) is 29.9 Å². The van der Waals surface area contributed by atoms with Crippen LogP contribution < -0.4 is 10.5 Å². The summed E-state index contributed by atoms with van der Waals surface area (Å²) in [6.07, 6.45) is 1.88. The summed E-state index contributed by atoms with van der Waals surface area (Å²) in [7, 11) is 1.87. The van der Waals surface area contributed by atoms with Crippen LogP contribution in [0.15, 0.2) is 30.5 Å². The van der Waals surface area contributed by atoms with Gasteiger partial charge in [0.25, 0.3) is 0 Å². The van der Waals surface area contributed by atoms with Crippen LogP contribution in [0.5, 0.6) is 5.75 Å². The van der Waals surface area contributed by atoms with Crippen molar-refractivity contribution >= 4 is 11.6 Å². The second-order valence-electron chi connectivity index (χ2n) is 4.24. The number of nitrogens with zero attached hydrogens (tertiary/aromatic N) is 2. The molecule has 0 amide bonds. The van der Waals surface area contributed by atoms with Crippen LogP contribution >= 0.6 is 11.6 Å². The summed E-state index contributed by atoms with van der Waals surface area (Å²) in [6.45, 7) is 2.32. The van der Waals surface area contributed by atoms with Gasteiger partial charge in [0.1, 0.15) is 12.4 Å². The molecule has 0 saturated carbocycles. The summed E-state index contributed by atoms with van der Waals surface area (Å²) in [4.78, 5) is 0. The maximum Gasteiger partial charge on any atom is 0.132 e. The second-order valence-corrected chi connectivity index (χ2v) is 4.68. The average Bonchev–Trinajstić information content (AvgIpc) is 2.73. The standard InChI is InChI=1S/C13H16ClN3O/c1-9(15)12-7-10(14)3-4-13(12)18-8-11-5-6-17(2)16-11/h3-7,9H,8,15H2,1-2H3. The van der Waals surface area contributed by atoms with Crippen LogP contribution in [-0.4, -0.2) is 9.78 Å². The monoisotopic (exact) mass is 265 g/mol. The van der Waals surface area contributed by atoms with Crippen molar-refractivity contribution in [2.45, 2.75) is 19.6 Å². The van der Waals surface area contributed by atoms with Gasteiger partial charge in [-0.15, -0.1) is 0 Å². The molecule has 1 atom stereocenters. The Labute approximate surface area is 111 Å². The summed E-state index contributed by atoms with van der Waals surface area (Å²) < 4.78 is 7.48. The first-order valence-electron chi connectivity index (χ1n) is 5.72. The Kier molecular flexibility index (Phi) is 3.89. The average molecular weight is 266 g/mol. The van der Waals surface area contributed by atoms with Crippen molar-refractivity contribution in [1.29, 1.82) is 0 Å². The van der Waals surface area contributed by atoms with Gasteiger partial charge in [0.15, 0.2) is 0 Å². The molecule has 0 fully saturated rings. The molecule has 0 saturated heterocycles. The molecule has 1 heterocycles. The van der Waals surface area contributed by atoms with Gasteiger partial charge in [-0.05, 0) is 31.2 Å². The van der Waals surface area contributed by atoms with Crippen LogP contribution in [0.1, 0.15) is 24.2 Å². The summed E-state index contributed by atoms with van der Waals surface area (Å²) >= 11 is 5.95. The van der Waals surface area contributed by atoms with E-state index in [1.165, 1.54) is 0 Å². The van der Waals surface area contributed by atoms with Crippen molar-refractivity contribution in [2.75, 3.05) is 0 Å². The number of hydrogen-bond acceptors (Lipinski definition) is 3. The molecule has 0 aliphatic heterocycles. The molecule has 1 aromatic carbocycles. The van der Waals surface area contributed by atoms with Gasteiger partial charge in [-0.1, -0.05) is 11.6 Å². The summed E-state index contributed by atoms with van der Waals surface area (Å²) in [5, 5.41) is 4.91. The molecular formula is C13H16ClN3O. The van der Waals surface area contributed by atoms with E-state index in [4.69, 9.17) is 22.1 Å². The molecule has 2 N–H and O–H groups in total. The van der Waals surface area contributed by atoms with E-state index in [-0.39, 0.29) is 6.04 Å². The van der Waals surface area contributed by atoms with Crippen molar-refractivity contribution in [3.05, 3.63) is 46.7 Å². The minimum atomic E-state index is -0.123. The van der Waals surface area contributed by atoms with Gasteiger partial charge in [-0.2, -0.15) is 5.10 Å². The molecule has 2 rings (SSSR count). The molecule has 96 valence electrons. The van der Waals surface area contributed by atoms with Gasteiger partial charge in [0.05, 0.1) is 5.69 Å². The van der Waals surface area contributed by atoms with E-state index in [2.05, 4.69) is 5.10 Å². The largest absolute Gasteiger partial charge is 0.487 e. The molecule has 4 nitrogen and oxygen atoms in total. The summed E-state index contributed by atoms with van der Waals surface area (Å²) in [5.74, 6) is 0.750. The molecule has 0 spiro atoms. The first-order valence-corrected chi connectivity index (χ1v) is 6.10. The molecule has 1 aromatic heterocycles. The predicted octanol–water partition coefficient (Wildman–Crippen LogP) is 2.67. The quantitative estimate of drug-likeness (QED) is 0.925. The number of benzene rings is 1. The van der Waals surface area contributed by atoms with Crippen LogP contribution in [0.2, 0.25) is 5.02 Å². The third-order valence-electron chi connectivity index (χ3n) is 2.61. The van der Waals surface area contributed by atoms with Crippen molar-refractivity contribution in [1.82, 2.24) is 9.78 Å². The SMILES string of the molecule is CC(N)c1cc(Cl)ccc1OCc1ccn(C)n1. The molecule has 1 unspecified atom stereocenters. The maximum absolute atomic E-state index is 5.95. The molecule has 0 aliphatic rings. The van der Waals surface area contributed by atoms with Crippen LogP contribution in [-0.2, 0) is 13.7 Å². The minimum absolute atomic E-state index is 0.123. The Hall–Kier alpha value is -1.52. The Morgan fingerprint density at radius 1 is 1.44 bits per heavy atom. The number of rotatable bonds is 4. The van der Waals surface area contributed by atoms with Crippen molar-refractivity contribution in [2.24, 2.45) is 12.8 Å². The number of aryl methyl sites for hydroxylation is 1. The van der Waals surface area contributed by atoms with E-state index < -0.39 is 0 Å². The number of nitrogens with two attached hydrogens (primary N) is 1. The highest BCUT2D eigenvalue weighted by Crippen LogP contribution is 2.27. The number of ether oxygens (including phenoxy) is 1. The number of hydrogen-bond donors (Lipinski definition) is 1. The third-order valence-corrected chi connectivity index (χ3v) is 2.84. The van der Waals surface area contributed by atoms with Crippen molar-refractivity contribution in [3.63, 3.8) is 0 Å². The van der Waals surface area contributed by atoms with Crippen LogP contribution in [0.4, 0.5) is 0 Å². The highest BCUT2D eigenvalue weighted by Gasteiger charge is 2.09. The van der Waals surface area contributed by atoms with Gasteiger partial charge in [0.2, 0.25) is 0 Å². The zero-order chi connectivity index (χ0) is 13.1. The van der Waals surface area contributed by atoms with Gasteiger partial charge < -0.3 is 10.5 Å². The Morgan fingerprint density at radius 2 is 2.22 bits per heavy atom. The lowest BCUT2D eigenvalue weighted by Crippen LogP contribution is -2.08. The highest BCUT2D eigenvalue weighted by molar-refractivity contribution is 6.30. The van der Waals surface area contributed by atoms with Crippen molar-refractivity contribution in [3.8, 4) is 5.75 Å². The fourth-order valence-corrected chi connectivity index (χ4v) is 1.88. The molecule has 2 aromatic rings. The third kappa shape index (κ3) is 3.03. The van der Waals surface area contributed by atoms with Gasteiger partial charge >= 0.3 is 0 Å². The Bertz CT molecular complexity index is 537. The lowest BCUT2D eigenvalue weighted by Gasteiger charge is -2.13. The molecule has 0 bridgehead atoms. The highest BCUT2D eigenvalue weighted by atomic mass is 35.5. The maximum atomic E-state index is 5.95. The Balaban J connectivity index is 2.13. The zero-order valence-corrected chi connectivity index (χ0v) is 11.2. The first kappa shape index (κ1) is 12.9. The topological polar surface area (TPSA) is 53.1 Å². The molecule has 5 heteroatoms. The predicted molar refractivity (Wildman–Crippen MR) is 71.6 cm³/mol. The lowest BCUT2D eigenvalue weighted by atomic mass is 10.1. The first-order chi connectivity index (χ1) is 8.56. The molecular weight excluding hydrogens is 250 g/mol. The van der Waals surface area contributed by atoms with Crippen LogP contribution in [0, 0.1) is 0 Å². The molecule has 0 aliphatic carbocycles. The van der Waals surface area contributed by atoms with E-state index in [1.807, 2.05) is 38.4 Å². The number of halogens is 1. The van der Waals surface area contributed by atoms with Gasteiger partial charge in [-0.25, -0.2) is 0 Å². The smallest absolute Gasteiger partial charge is 0.132 e. The van der Waals surface area contributed by atoms with Gasteiger partial charge in [-0.3, -0.25) is 4.68 Å². The fourth-order valence-electron chi connectivity index (χ4n) is 1.70. The van der Waals surface area contributed by atoms with E-state index in [0.29, 0.717) is 11.6 Å².